The van der Waals surface area contributed by atoms with Crippen molar-refractivity contribution in [1.29, 1.82) is 0 Å². The summed E-state index contributed by atoms with van der Waals surface area (Å²) in [5.41, 5.74) is 2.95. The molecular formula is C20H23NO5. The number of carbonyl (C=O) groups is 2. The number of nitrogens with one attached hydrogen (secondary N) is 1. The van der Waals surface area contributed by atoms with Crippen LogP contribution in [0, 0.1) is 13.8 Å². The molecule has 6 nitrogen and oxygen atoms in total. The van der Waals surface area contributed by atoms with Gasteiger partial charge in [0.25, 0.3) is 0 Å². The summed E-state index contributed by atoms with van der Waals surface area (Å²) in [5, 5.41) is 11.4. The third-order valence-electron chi connectivity index (χ3n) is 3.78. The highest BCUT2D eigenvalue weighted by Gasteiger charge is 2.05. The third-order valence-corrected chi connectivity index (χ3v) is 3.78. The molecule has 0 unspecified atom stereocenters. The van der Waals surface area contributed by atoms with Crippen molar-refractivity contribution in [3.8, 4) is 11.5 Å². The summed E-state index contributed by atoms with van der Waals surface area (Å²) in [6.07, 6.45) is 0.916. The number of rotatable bonds is 9. The summed E-state index contributed by atoms with van der Waals surface area (Å²) >= 11 is 0. The molecule has 0 saturated carbocycles. The van der Waals surface area contributed by atoms with Gasteiger partial charge in [-0.2, -0.15) is 0 Å². The van der Waals surface area contributed by atoms with Gasteiger partial charge in [0, 0.05) is 18.2 Å². The standard InChI is InChI=1S/C20H23NO5/c1-14-8-9-18(11-15(14)2)25-10-4-7-19(22)21-16-5-3-6-17(12-16)26-13-20(23)24/h3,5-6,8-9,11-12H,4,7,10,13H2,1-2H3,(H,21,22)(H,23,24). The number of amides is 1. The van der Waals surface area contributed by atoms with Gasteiger partial charge in [-0.15, -0.1) is 0 Å². The second-order valence-electron chi connectivity index (χ2n) is 5.96. The van der Waals surface area contributed by atoms with Crippen LogP contribution >= 0.6 is 0 Å². The molecule has 0 aliphatic carbocycles. The van der Waals surface area contributed by atoms with E-state index >= 15 is 0 Å². The van der Waals surface area contributed by atoms with Gasteiger partial charge < -0.3 is 19.9 Å². The zero-order valence-electron chi connectivity index (χ0n) is 15.0. The average molecular weight is 357 g/mol. The number of anilines is 1. The van der Waals surface area contributed by atoms with Crippen molar-refractivity contribution in [3.05, 3.63) is 53.6 Å². The van der Waals surface area contributed by atoms with Gasteiger partial charge in [0.15, 0.2) is 6.61 Å². The van der Waals surface area contributed by atoms with Crippen LogP contribution in [-0.4, -0.2) is 30.2 Å². The summed E-state index contributed by atoms with van der Waals surface area (Å²) in [6.45, 7) is 4.11. The topological polar surface area (TPSA) is 84.9 Å². The zero-order chi connectivity index (χ0) is 18.9. The molecule has 0 spiro atoms. The van der Waals surface area contributed by atoms with Crippen molar-refractivity contribution in [3.63, 3.8) is 0 Å². The van der Waals surface area contributed by atoms with Crippen LogP contribution in [0.15, 0.2) is 42.5 Å². The quantitative estimate of drug-likeness (QED) is 0.670. The molecule has 0 heterocycles. The molecule has 138 valence electrons. The fourth-order valence-electron chi connectivity index (χ4n) is 2.26. The van der Waals surface area contributed by atoms with Gasteiger partial charge in [0.05, 0.1) is 6.61 Å². The minimum Gasteiger partial charge on any atom is -0.494 e. The summed E-state index contributed by atoms with van der Waals surface area (Å²) in [5.74, 6) is 0.00680. The lowest BCUT2D eigenvalue weighted by Gasteiger charge is -2.09. The van der Waals surface area contributed by atoms with Crippen LogP contribution < -0.4 is 14.8 Å². The average Bonchev–Trinajstić information content (AvgIpc) is 2.60. The Morgan fingerprint density at radius 1 is 1.00 bits per heavy atom. The lowest BCUT2D eigenvalue weighted by Crippen LogP contribution is -2.13. The lowest BCUT2D eigenvalue weighted by molar-refractivity contribution is -0.139. The summed E-state index contributed by atoms with van der Waals surface area (Å²) in [7, 11) is 0. The Balaban J connectivity index is 1.73. The van der Waals surface area contributed by atoms with Gasteiger partial charge in [-0.05, 0) is 55.7 Å². The first-order valence-electron chi connectivity index (χ1n) is 8.38. The molecule has 0 radical (unpaired) electrons. The maximum atomic E-state index is 12.0. The van der Waals surface area contributed by atoms with Crippen molar-refractivity contribution in [2.24, 2.45) is 0 Å². The molecule has 2 aromatic carbocycles. The first kappa shape index (κ1) is 19.3. The molecule has 0 saturated heterocycles. The predicted octanol–water partition coefficient (Wildman–Crippen LogP) is 3.56. The Morgan fingerprint density at radius 3 is 2.50 bits per heavy atom. The van der Waals surface area contributed by atoms with E-state index in [4.69, 9.17) is 14.6 Å². The normalized spacial score (nSPS) is 10.2. The van der Waals surface area contributed by atoms with Gasteiger partial charge in [-0.25, -0.2) is 4.79 Å². The van der Waals surface area contributed by atoms with Gasteiger partial charge in [-0.1, -0.05) is 12.1 Å². The third kappa shape index (κ3) is 6.47. The Morgan fingerprint density at radius 2 is 1.77 bits per heavy atom. The molecule has 26 heavy (non-hydrogen) atoms. The van der Waals surface area contributed by atoms with E-state index < -0.39 is 12.6 Å². The van der Waals surface area contributed by atoms with E-state index in [1.54, 1.807) is 24.3 Å². The minimum absolute atomic E-state index is 0.135. The molecule has 0 fully saturated rings. The second-order valence-corrected chi connectivity index (χ2v) is 5.96. The molecule has 1 amide bonds. The predicted molar refractivity (Wildman–Crippen MR) is 98.8 cm³/mol. The number of hydrogen-bond donors (Lipinski definition) is 2. The number of hydrogen-bond acceptors (Lipinski definition) is 4. The van der Waals surface area contributed by atoms with Crippen molar-refractivity contribution in [2.45, 2.75) is 26.7 Å². The van der Waals surface area contributed by atoms with Gasteiger partial charge >= 0.3 is 5.97 Å². The van der Waals surface area contributed by atoms with Crippen molar-refractivity contribution in [2.75, 3.05) is 18.5 Å². The maximum Gasteiger partial charge on any atom is 0.341 e. The fraction of sp³-hybridized carbons (Fsp3) is 0.300. The lowest BCUT2D eigenvalue weighted by atomic mass is 10.1. The van der Waals surface area contributed by atoms with Gasteiger partial charge in [0.2, 0.25) is 5.91 Å². The van der Waals surface area contributed by atoms with Crippen LogP contribution in [0.4, 0.5) is 5.69 Å². The van der Waals surface area contributed by atoms with Crippen molar-refractivity contribution >= 4 is 17.6 Å². The van der Waals surface area contributed by atoms with Gasteiger partial charge in [0.1, 0.15) is 11.5 Å². The van der Waals surface area contributed by atoms with E-state index in [1.807, 2.05) is 32.0 Å². The molecule has 0 aromatic heterocycles. The highest BCUT2D eigenvalue weighted by Crippen LogP contribution is 2.18. The number of aryl methyl sites for hydroxylation is 2. The second kappa shape index (κ2) is 9.46. The summed E-state index contributed by atoms with van der Waals surface area (Å²) in [6, 6.07) is 12.6. The molecular weight excluding hydrogens is 334 g/mol. The smallest absolute Gasteiger partial charge is 0.341 e. The summed E-state index contributed by atoms with van der Waals surface area (Å²) < 4.78 is 10.7. The Labute approximate surface area is 152 Å². The van der Waals surface area contributed by atoms with Crippen LogP contribution in [0.3, 0.4) is 0 Å². The minimum atomic E-state index is -1.05. The number of ether oxygens (including phenoxy) is 2. The SMILES string of the molecule is Cc1ccc(OCCCC(=O)Nc2cccc(OCC(=O)O)c2)cc1C. The molecule has 2 N–H and O–H groups in total. The zero-order valence-corrected chi connectivity index (χ0v) is 15.0. The van der Waals surface area contributed by atoms with E-state index in [0.29, 0.717) is 30.9 Å². The Hall–Kier alpha value is -3.02. The van der Waals surface area contributed by atoms with Crippen LogP contribution in [0.1, 0.15) is 24.0 Å². The first-order valence-corrected chi connectivity index (χ1v) is 8.38. The molecule has 2 aromatic rings. The van der Waals surface area contributed by atoms with E-state index in [9.17, 15) is 9.59 Å². The highest BCUT2D eigenvalue weighted by atomic mass is 16.5. The number of benzene rings is 2. The highest BCUT2D eigenvalue weighted by molar-refractivity contribution is 5.90. The number of carboxylic acid groups (broad SMARTS) is 1. The maximum absolute atomic E-state index is 12.0. The summed E-state index contributed by atoms with van der Waals surface area (Å²) in [4.78, 5) is 22.5. The van der Waals surface area contributed by atoms with Gasteiger partial charge in [-0.3, -0.25) is 4.79 Å². The monoisotopic (exact) mass is 357 g/mol. The van der Waals surface area contributed by atoms with E-state index in [2.05, 4.69) is 5.32 Å². The fourth-order valence-corrected chi connectivity index (χ4v) is 2.26. The number of carbonyl (C=O) groups excluding carboxylic acids is 1. The first-order chi connectivity index (χ1) is 12.4. The molecule has 0 atom stereocenters. The van der Waals surface area contributed by atoms with E-state index in [-0.39, 0.29) is 5.91 Å². The largest absolute Gasteiger partial charge is 0.494 e. The van der Waals surface area contributed by atoms with Crippen LogP contribution in [0.2, 0.25) is 0 Å². The van der Waals surface area contributed by atoms with E-state index in [1.165, 1.54) is 11.1 Å². The van der Waals surface area contributed by atoms with Crippen molar-refractivity contribution in [1.82, 2.24) is 0 Å². The molecule has 2 rings (SSSR count). The van der Waals surface area contributed by atoms with Crippen LogP contribution in [-0.2, 0) is 9.59 Å². The molecule has 0 aliphatic rings. The van der Waals surface area contributed by atoms with Crippen LogP contribution in [0.25, 0.3) is 0 Å². The number of carboxylic acids is 1. The van der Waals surface area contributed by atoms with Crippen LogP contribution in [0.5, 0.6) is 11.5 Å². The molecule has 0 aliphatic heterocycles. The Kier molecular flexibility index (Phi) is 7.02. The molecule has 0 bridgehead atoms. The number of aliphatic carboxylic acids is 1. The van der Waals surface area contributed by atoms with Crippen molar-refractivity contribution < 1.29 is 24.2 Å². The van der Waals surface area contributed by atoms with E-state index in [0.717, 1.165) is 5.75 Å². The molecule has 6 heteroatoms. The Bertz CT molecular complexity index is 773.